The molecule has 3 rings (SSSR count). The molecule has 1 heterocycles. The van der Waals surface area contributed by atoms with E-state index in [0.29, 0.717) is 31.4 Å². The van der Waals surface area contributed by atoms with Crippen LogP contribution < -0.4 is 10.6 Å². The van der Waals surface area contributed by atoms with Gasteiger partial charge in [0, 0.05) is 43.2 Å². The largest absolute Gasteiger partial charge is 0.352 e. The maximum absolute atomic E-state index is 12.9. The highest BCUT2D eigenvalue weighted by Gasteiger charge is 2.32. The van der Waals surface area contributed by atoms with E-state index in [1.54, 1.807) is 12.1 Å². The molecule has 2 aromatic carbocycles. The lowest BCUT2D eigenvalue weighted by Crippen LogP contribution is -2.42. The fourth-order valence-corrected chi connectivity index (χ4v) is 5.33. The number of carbonyl (C=O) groups is 3. The van der Waals surface area contributed by atoms with Crippen LogP contribution >= 0.6 is 0 Å². The van der Waals surface area contributed by atoms with Crippen LogP contribution in [0.5, 0.6) is 0 Å². The summed E-state index contributed by atoms with van der Waals surface area (Å²) in [5, 5.41) is 5.75. The number of sulfonamides is 1. The van der Waals surface area contributed by atoms with Crippen molar-refractivity contribution in [3.05, 3.63) is 59.7 Å². The maximum Gasteiger partial charge on any atom is 0.243 e. The van der Waals surface area contributed by atoms with Crippen LogP contribution in [0.2, 0.25) is 0 Å². The summed E-state index contributed by atoms with van der Waals surface area (Å²) in [4.78, 5) is 35.8. The van der Waals surface area contributed by atoms with Gasteiger partial charge in [-0.3, -0.25) is 14.4 Å². The third kappa shape index (κ3) is 6.51. The second-order valence-corrected chi connectivity index (χ2v) is 10.4. The maximum atomic E-state index is 12.9. The van der Waals surface area contributed by atoms with E-state index < -0.39 is 10.0 Å². The van der Waals surface area contributed by atoms with Crippen molar-refractivity contribution in [2.45, 2.75) is 51.0 Å². The standard InChI is InChI=1S/C25H31N3O5S/c1-3-4-24(30)27-22-9-5-19(6-10-22)17-26-25(31)21-13-15-28(16-14-21)34(32,33)23-11-7-20(8-12-23)18(2)29/h5-12,21H,3-4,13-17H2,1-2H3,(H,26,31)(H,27,30). The van der Waals surface area contributed by atoms with Gasteiger partial charge in [-0.05, 0) is 56.0 Å². The SMILES string of the molecule is CCCC(=O)Nc1ccc(CNC(=O)C2CCN(S(=O)(=O)c3ccc(C(C)=O)cc3)CC2)cc1. The molecule has 34 heavy (non-hydrogen) atoms. The molecule has 8 nitrogen and oxygen atoms in total. The van der Waals surface area contributed by atoms with Crippen molar-refractivity contribution in [3.63, 3.8) is 0 Å². The first kappa shape index (κ1) is 25.6. The van der Waals surface area contributed by atoms with E-state index in [1.807, 2.05) is 19.1 Å². The van der Waals surface area contributed by atoms with Crippen molar-refractivity contribution in [3.8, 4) is 0 Å². The Labute approximate surface area is 200 Å². The minimum absolute atomic E-state index is 0.0232. The molecule has 0 aromatic heterocycles. The summed E-state index contributed by atoms with van der Waals surface area (Å²) in [5.41, 5.74) is 2.10. The summed E-state index contributed by atoms with van der Waals surface area (Å²) in [6.45, 7) is 4.27. The molecule has 0 radical (unpaired) electrons. The van der Waals surface area contributed by atoms with Crippen LogP contribution in [0.15, 0.2) is 53.4 Å². The normalized spacial score (nSPS) is 15.0. The van der Waals surface area contributed by atoms with Crippen molar-refractivity contribution < 1.29 is 22.8 Å². The Morgan fingerprint density at radius 2 is 1.59 bits per heavy atom. The molecule has 182 valence electrons. The molecule has 1 fully saturated rings. The fourth-order valence-electron chi connectivity index (χ4n) is 3.86. The van der Waals surface area contributed by atoms with Crippen LogP contribution in [0.4, 0.5) is 5.69 Å². The Hall–Kier alpha value is -3.04. The van der Waals surface area contributed by atoms with Gasteiger partial charge in [-0.15, -0.1) is 0 Å². The Morgan fingerprint density at radius 1 is 0.971 bits per heavy atom. The Bertz CT molecular complexity index is 1120. The van der Waals surface area contributed by atoms with Gasteiger partial charge in [0.2, 0.25) is 21.8 Å². The summed E-state index contributed by atoms with van der Waals surface area (Å²) in [6.07, 6.45) is 2.15. The van der Waals surface area contributed by atoms with Crippen LogP contribution in [-0.2, 0) is 26.2 Å². The molecule has 1 aliphatic rings. The van der Waals surface area contributed by atoms with Gasteiger partial charge in [0.1, 0.15) is 0 Å². The van der Waals surface area contributed by atoms with E-state index in [0.717, 1.165) is 17.7 Å². The monoisotopic (exact) mass is 485 g/mol. The van der Waals surface area contributed by atoms with Gasteiger partial charge in [-0.2, -0.15) is 4.31 Å². The van der Waals surface area contributed by atoms with E-state index in [2.05, 4.69) is 10.6 Å². The molecule has 2 aromatic rings. The Kier molecular flexibility index (Phi) is 8.57. The number of piperidine rings is 1. The number of amides is 2. The van der Waals surface area contributed by atoms with E-state index >= 15 is 0 Å². The second-order valence-electron chi connectivity index (χ2n) is 8.47. The van der Waals surface area contributed by atoms with E-state index in [-0.39, 0.29) is 41.5 Å². The number of benzene rings is 2. The number of hydrogen-bond acceptors (Lipinski definition) is 5. The third-order valence-electron chi connectivity index (χ3n) is 5.90. The van der Waals surface area contributed by atoms with Gasteiger partial charge in [-0.1, -0.05) is 31.2 Å². The van der Waals surface area contributed by atoms with Crippen LogP contribution in [0.1, 0.15) is 55.5 Å². The molecule has 0 unspecified atom stereocenters. The minimum atomic E-state index is -3.67. The molecule has 1 aliphatic heterocycles. The summed E-state index contributed by atoms with van der Waals surface area (Å²) in [5.74, 6) is -0.488. The van der Waals surface area contributed by atoms with E-state index in [9.17, 15) is 22.8 Å². The fraction of sp³-hybridized carbons (Fsp3) is 0.400. The van der Waals surface area contributed by atoms with Gasteiger partial charge in [0.25, 0.3) is 0 Å². The molecule has 1 saturated heterocycles. The smallest absolute Gasteiger partial charge is 0.243 e. The number of carbonyl (C=O) groups excluding carboxylic acids is 3. The van der Waals surface area contributed by atoms with Gasteiger partial charge < -0.3 is 10.6 Å². The molecule has 0 saturated carbocycles. The summed E-state index contributed by atoms with van der Waals surface area (Å²) < 4.78 is 27.2. The average Bonchev–Trinajstić information content (AvgIpc) is 2.83. The first-order valence-electron chi connectivity index (χ1n) is 11.5. The zero-order valence-electron chi connectivity index (χ0n) is 19.5. The van der Waals surface area contributed by atoms with Gasteiger partial charge >= 0.3 is 0 Å². The summed E-state index contributed by atoms with van der Waals surface area (Å²) >= 11 is 0. The van der Waals surface area contributed by atoms with Crippen LogP contribution in [-0.4, -0.2) is 43.4 Å². The van der Waals surface area contributed by atoms with Crippen molar-refractivity contribution in [1.82, 2.24) is 9.62 Å². The van der Waals surface area contributed by atoms with Crippen molar-refractivity contribution in [2.75, 3.05) is 18.4 Å². The highest BCUT2D eigenvalue weighted by atomic mass is 32.2. The van der Waals surface area contributed by atoms with Crippen molar-refractivity contribution >= 4 is 33.3 Å². The second kappa shape index (κ2) is 11.4. The molecule has 0 bridgehead atoms. The predicted octanol–water partition coefficient (Wildman–Crippen LogP) is 3.34. The lowest BCUT2D eigenvalue weighted by Gasteiger charge is -2.30. The molecule has 0 atom stereocenters. The van der Waals surface area contributed by atoms with Crippen molar-refractivity contribution in [1.29, 1.82) is 0 Å². The first-order valence-corrected chi connectivity index (χ1v) is 12.9. The highest BCUT2D eigenvalue weighted by Crippen LogP contribution is 2.24. The molecular formula is C25H31N3O5S. The summed E-state index contributed by atoms with van der Waals surface area (Å²) in [7, 11) is -3.67. The zero-order valence-corrected chi connectivity index (χ0v) is 20.4. The number of nitrogens with one attached hydrogen (secondary N) is 2. The third-order valence-corrected chi connectivity index (χ3v) is 7.82. The average molecular weight is 486 g/mol. The number of anilines is 1. The van der Waals surface area contributed by atoms with E-state index in [4.69, 9.17) is 0 Å². The van der Waals surface area contributed by atoms with Crippen LogP contribution in [0.25, 0.3) is 0 Å². The zero-order chi connectivity index (χ0) is 24.7. The van der Waals surface area contributed by atoms with Crippen LogP contribution in [0.3, 0.4) is 0 Å². The molecular weight excluding hydrogens is 454 g/mol. The molecule has 2 amide bonds. The Balaban J connectivity index is 1.48. The molecule has 0 aliphatic carbocycles. The quantitative estimate of drug-likeness (QED) is 0.529. The Morgan fingerprint density at radius 3 is 2.15 bits per heavy atom. The van der Waals surface area contributed by atoms with Gasteiger partial charge in [0.05, 0.1) is 4.90 Å². The highest BCUT2D eigenvalue weighted by molar-refractivity contribution is 7.89. The molecule has 0 spiro atoms. The predicted molar refractivity (Wildman–Crippen MR) is 130 cm³/mol. The van der Waals surface area contributed by atoms with Crippen LogP contribution in [0, 0.1) is 5.92 Å². The number of ketones is 1. The lowest BCUT2D eigenvalue weighted by molar-refractivity contribution is -0.126. The first-order chi connectivity index (χ1) is 16.2. The number of hydrogen-bond donors (Lipinski definition) is 2. The van der Waals surface area contributed by atoms with Crippen molar-refractivity contribution in [2.24, 2.45) is 5.92 Å². The van der Waals surface area contributed by atoms with E-state index in [1.165, 1.54) is 35.5 Å². The number of Topliss-reactive ketones (excluding diaryl/α,β-unsaturated/α-hetero) is 1. The topological polar surface area (TPSA) is 113 Å². The molecule has 2 N–H and O–H groups in total. The van der Waals surface area contributed by atoms with Gasteiger partial charge in [0.15, 0.2) is 5.78 Å². The minimum Gasteiger partial charge on any atom is -0.352 e. The molecule has 9 heteroatoms. The van der Waals surface area contributed by atoms with Gasteiger partial charge in [-0.25, -0.2) is 8.42 Å². The number of rotatable bonds is 9. The summed E-state index contributed by atoms with van der Waals surface area (Å²) in [6, 6.07) is 13.3. The number of nitrogens with zero attached hydrogens (tertiary/aromatic N) is 1. The lowest BCUT2D eigenvalue weighted by atomic mass is 9.97.